The van der Waals surface area contributed by atoms with E-state index in [0.29, 0.717) is 0 Å². The van der Waals surface area contributed by atoms with Gasteiger partial charge in [-0.1, -0.05) is 133 Å². The van der Waals surface area contributed by atoms with E-state index in [9.17, 15) is 0 Å². The van der Waals surface area contributed by atoms with Gasteiger partial charge in [0.2, 0.25) is 0 Å². The first-order valence-electron chi connectivity index (χ1n) is 17.0. The lowest BCUT2D eigenvalue weighted by atomic mass is 9.57. The summed E-state index contributed by atoms with van der Waals surface area (Å²) >= 11 is 0. The lowest BCUT2D eigenvalue weighted by molar-refractivity contribution is 0.477. The Kier molecular flexibility index (Phi) is 6.60. The molecule has 0 amide bonds. The van der Waals surface area contributed by atoms with Crippen LogP contribution in [0.4, 0.5) is 28.4 Å². The van der Waals surface area contributed by atoms with Crippen molar-refractivity contribution in [1.82, 2.24) is 0 Å². The third-order valence-corrected chi connectivity index (χ3v) is 9.86. The van der Waals surface area contributed by atoms with Gasteiger partial charge in [0.25, 0.3) is 0 Å². The number of hydrogen-bond donors (Lipinski definition) is 1. The maximum absolute atomic E-state index is 6.48. The fourth-order valence-electron chi connectivity index (χ4n) is 7.53. The van der Waals surface area contributed by atoms with E-state index >= 15 is 0 Å². The average molecular weight is 638 g/mol. The molecule has 2 aliphatic heterocycles. The second kappa shape index (κ2) is 11.6. The Hall–Kier alpha value is -6.52. The third-order valence-electron chi connectivity index (χ3n) is 9.86. The summed E-state index contributed by atoms with van der Waals surface area (Å²) in [5.41, 5.74) is 14.7. The number of anilines is 5. The smallest absolute Gasteiger partial charge is 0.198 e. The van der Waals surface area contributed by atoms with Gasteiger partial charge in [0.05, 0.1) is 11.4 Å². The topological polar surface area (TPSA) is 24.5 Å². The Morgan fingerprint density at radius 1 is 0.500 bits per heavy atom. The number of benzene rings is 8. The van der Waals surface area contributed by atoms with Crippen molar-refractivity contribution in [1.29, 1.82) is 0 Å². The molecule has 233 valence electrons. The molecule has 0 aromatic heterocycles. The van der Waals surface area contributed by atoms with Crippen molar-refractivity contribution < 1.29 is 4.74 Å². The lowest BCUT2D eigenvalue weighted by Gasteiger charge is -2.39. The molecule has 1 N–H and O–H groups in total. The summed E-state index contributed by atoms with van der Waals surface area (Å²) in [7, 11) is 2.34. The zero-order valence-corrected chi connectivity index (χ0v) is 27.2. The summed E-state index contributed by atoms with van der Waals surface area (Å²) in [5.74, 6) is 1.71. The monoisotopic (exact) mass is 637 g/mol. The lowest BCUT2D eigenvalue weighted by Crippen LogP contribution is -2.42. The SMILES string of the molecule is [B]1c2cccc3c2N(c2ccccc2O3)c2cc(-c3ccccc3)cc(-c3c(Nc4ccc(-c5ccccc5)cc4)ccc4ccccc34)c21. The average Bonchev–Trinajstić information content (AvgIpc) is 3.18. The molecule has 0 unspecified atom stereocenters. The minimum absolute atomic E-state index is 0.850. The molecule has 0 spiro atoms. The van der Waals surface area contributed by atoms with Crippen molar-refractivity contribution in [2.45, 2.75) is 0 Å². The Bertz CT molecular complexity index is 2560. The molecule has 2 aliphatic rings. The van der Waals surface area contributed by atoms with Crippen molar-refractivity contribution in [3.05, 3.63) is 176 Å². The highest BCUT2D eigenvalue weighted by atomic mass is 16.5. The van der Waals surface area contributed by atoms with Gasteiger partial charge in [-0.15, -0.1) is 0 Å². The summed E-state index contributed by atoms with van der Waals surface area (Å²) in [6.07, 6.45) is 0. The molecule has 2 heterocycles. The molecule has 0 saturated heterocycles. The standard InChI is InChI=1S/C46H30BN2O/c1-3-12-30(13-4-1)32-22-25-35(26-23-32)48-39-27-24-33-16-7-8-17-36(33)44(39)37-28-34(31-14-5-2-6-15-31)29-41-45(37)47-38-18-11-21-43-46(38)49(41)40-19-9-10-20-42(40)50-43/h1-29,48H. The van der Waals surface area contributed by atoms with E-state index in [1.807, 2.05) is 6.07 Å². The van der Waals surface area contributed by atoms with Gasteiger partial charge in [-0.3, -0.25) is 0 Å². The number of hydrogen-bond acceptors (Lipinski definition) is 3. The first-order chi connectivity index (χ1) is 24.8. The Balaban J connectivity index is 1.21. The minimum Gasteiger partial charge on any atom is -0.453 e. The van der Waals surface area contributed by atoms with Crippen LogP contribution in [-0.2, 0) is 0 Å². The summed E-state index contributed by atoms with van der Waals surface area (Å²) in [6.45, 7) is 0. The van der Waals surface area contributed by atoms with E-state index in [0.717, 1.165) is 51.0 Å². The van der Waals surface area contributed by atoms with Crippen molar-refractivity contribution >= 4 is 57.4 Å². The molecule has 0 saturated carbocycles. The molecule has 4 heteroatoms. The number of ether oxygens (including phenoxy) is 1. The van der Waals surface area contributed by atoms with Crippen LogP contribution in [-0.4, -0.2) is 7.28 Å². The molecule has 1 radical (unpaired) electrons. The first kappa shape index (κ1) is 28.5. The van der Waals surface area contributed by atoms with Gasteiger partial charge in [-0.2, -0.15) is 0 Å². The fraction of sp³-hybridized carbons (Fsp3) is 0. The number of para-hydroxylation sites is 3. The predicted molar refractivity (Wildman–Crippen MR) is 210 cm³/mol. The van der Waals surface area contributed by atoms with Gasteiger partial charge in [0.1, 0.15) is 0 Å². The van der Waals surface area contributed by atoms with Gasteiger partial charge in [0.15, 0.2) is 18.8 Å². The molecular weight excluding hydrogens is 607 g/mol. The van der Waals surface area contributed by atoms with Crippen molar-refractivity contribution in [2.24, 2.45) is 0 Å². The Morgan fingerprint density at radius 2 is 1.18 bits per heavy atom. The molecule has 0 atom stereocenters. The zero-order valence-electron chi connectivity index (χ0n) is 27.2. The fourth-order valence-corrected chi connectivity index (χ4v) is 7.53. The summed E-state index contributed by atoms with van der Waals surface area (Å²) in [4.78, 5) is 2.40. The number of fused-ring (bicyclic) bond motifs is 5. The van der Waals surface area contributed by atoms with Crippen molar-refractivity contribution in [2.75, 3.05) is 10.2 Å². The van der Waals surface area contributed by atoms with Crippen LogP contribution in [0.5, 0.6) is 11.5 Å². The van der Waals surface area contributed by atoms with E-state index in [2.05, 4.69) is 187 Å². The van der Waals surface area contributed by atoms with E-state index in [-0.39, 0.29) is 0 Å². The van der Waals surface area contributed by atoms with Crippen LogP contribution >= 0.6 is 0 Å². The maximum Gasteiger partial charge on any atom is 0.198 e. The summed E-state index contributed by atoms with van der Waals surface area (Å²) in [5, 5.41) is 6.23. The van der Waals surface area contributed by atoms with Crippen LogP contribution in [0.1, 0.15) is 0 Å². The summed E-state index contributed by atoms with van der Waals surface area (Å²) in [6, 6.07) is 62.5. The highest BCUT2D eigenvalue weighted by Crippen LogP contribution is 2.52. The van der Waals surface area contributed by atoms with Crippen molar-refractivity contribution in [3.63, 3.8) is 0 Å². The van der Waals surface area contributed by atoms with Crippen LogP contribution in [0.3, 0.4) is 0 Å². The third kappa shape index (κ3) is 4.68. The molecule has 8 aromatic carbocycles. The van der Waals surface area contributed by atoms with Crippen LogP contribution in [0.15, 0.2) is 176 Å². The molecule has 8 aromatic rings. The molecule has 50 heavy (non-hydrogen) atoms. The Labute approximate surface area is 292 Å². The molecule has 3 nitrogen and oxygen atoms in total. The number of nitrogens with zero attached hydrogens (tertiary/aromatic N) is 1. The van der Waals surface area contributed by atoms with Gasteiger partial charge in [0, 0.05) is 22.6 Å². The normalized spacial score (nSPS) is 12.3. The van der Waals surface area contributed by atoms with Crippen LogP contribution in [0, 0.1) is 0 Å². The number of rotatable bonds is 5. The van der Waals surface area contributed by atoms with Gasteiger partial charge < -0.3 is 15.0 Å². The Morgan fingerprint density at radius 3 is 2.00 bits per heavy atom. The first-order valence-corrected chi connectivity index (χ1v) is 17.0. The van der Waals surface area contributed by atoms with Gasteiger partial charge >= 0.3 is 0 Å². The second-order valence-electron chi connectivity index (χ2n) is 12.8. The molecule has 0 aliphatic carbocycles. The highest BCUT2D eigenvalue weighted by Gasteiger charge is 2.35. The van der Waals surface area contributed by atoms with Gasteiger partial charge in [-0.25, -0.2) is 0 Å². The molecule has 10 rings (SSSR count). The van der Waals surface area contributed by atoms with Crippen LogP contribution in [0.25, 0.3) is 44.2 Å². The van der Waals surface area contributed by atoms with Crippen LogP contribution in [0.2, 0.25) is 0 Å². The second-order valence-corrected chi connectivity index (χ2v) is 12.8. The largest absolute Gasteiger partial charge is 0.453 e. The predicted octanol–water partition coefficient (Wildman–Crippen LogP) is 11.1. The van der Waals surface area contributed by atoms with Crippen molar-refractivity contribution in [3.8, 4) is 44.9 Å². The maximum atomic E-state index is 6.48. The zero-order chi connectivity index (χ0) is 33.0. The van der Waals surface area contributed by atoms with E-state index in [1.165, 1.54) is 44.1 Å². The van der Waals surface area contributed by atoms with E-state index < -0.39 is 0 Å². The number of nitrogens with one attached hydrogen (secondary N) is 1. The molecule has 0 fully saturated rings. The molecule has 0 bridgehead atoms. The van der Waals surface area contributed by atoms with E-state index in [1.54, 1.807) is 0 Å². The quantitative estimate of drug-likeness (QED) is 0.190. The van der Waals surface area contributed by atoms with Crippen LogP contribution < -0.4 is 25.9 Å². The highest BCUT2D eigenvalue weighted by molar-refractivity contribution is 6.73. The van der Waals surface area contributed by atoms with E-state index in [4.69, 9.17) is 4.74 Å². The summed E-state index contributed by atoms with van der Waals surface area (Å²) < 4.78 is 6.48. The minimum atomic E-state index is 0.850. The van der Waals surface area contributed by atoms with Gasteiger partial charge in [-0.05, 0) is 92.6 Å². The molecular formula is C46H30BN2O.